The summed E-state index contributed by atoms with van der Waals surface area (Å²) >= 11 is 0. The number of carbonyl (C=O) groups is 2. The van der Waals surface area contributed by atoms with Crippen molar-refractivity contribution in [3.63, 3.8) is 0 Å². The van der Waals surface area contributed by atoms with Crippen molar-refractivity contribution in [2.45, 2.75) is 27.3 Å². The normalized spacial score (nSPS) is 10.8. The Balaban J connectivity index is 1.39. The maximum atomic E-state index is 13.4. The lowest BCUT2D eigenvalue weighted by atomic mass is 10.0. The summed E-state index contributed by atoms with van der Waals surface area (Å²) in [4.78, 5) is 31.0. The highest BCUT2D eigenvalue weighted by molar-refractivity contribution is 6.47. The number of aryl methyl sites for hydroxylation is 3. The van der Waals surface area contributed by atoms with Gasteiger partial charge in [0, 0.05) is 55.1 Å². The van der Waals surface area contributed by atoms with E-state index in [1.165, 1.54) is 5.56 Å². The van der Waals surface area contributed by atoms with Gasteiger partial charge in [0.1, 0.15) is 11.5 Å². The molecule has 0 fully saturated rings. The van der Waals surface area contributed by atoms with Crippen LogP contribution in [-0.4, -0.2) is 48.0 Å². The van der Waals surface area contributed by atoms with Gasteiger partial charge < -0.3 is 25.3 Å². The molecule has 8 nitrogen and oxygen atoms in total. The molecule has 3 N–H and O–H groups in total. The molecule has 2 aromatic carbocycles. The van der Waals surface area contributed by atoms with E-state index in [-0.39, 0.29) is 0 Å². The van der Waals surface area contributed by atoms with Crippen LogP contribution in [0.5, 0.6) is 0 Å². The maximum Gasteiger partial charge on any atom is 0.298 e. The number of nitrogens with one attached hydrogen (secondary N) is 3. The Morgan fingerprint density at radius 3 is 2.26 bits per heavy atom. The quantitative estimate of drug-likeness (QED) is 0.129. The van der Waals surface area contributed by atoms with Gasteiger partial charge in [0.2, 0.25) is 0 Å². The number of methoxy groups -OCH3 is 1. The van der Waals surface area contributed by atoms with Crippen LogP contribution >= 0.6 is 0 Å². The number of aromatic nitrogens is 2. The summed E-state index contributed by atoms with van der Waals surface area (Å²) in [5.74, 6) is -0.419. The third-order valence-corrected chi connectivity index (χ3v) is 6.33. The van der Waals surface area contributed by atoms with Gasteiger partial charge in [-0.2, -0.15) is 0 Å². The van der Waals surface area contributed by atoms with Gasteiger partial charge in [0.15, 0.2) is 0 Å². The Hall–Kier alpha value is -4.43. The Kier molecular flexibility index (Phi) is 9.12. The predicted molar refractivity (Wildman–Crippen MR) is 157 cm³/mol. The van der Waals surface area contributed by atoms with Crippen molar-refractivity contribution in [1.29, 1.82) is 0 Å². The van der Waals surface area contributed by atoms with Crippen molar-refractivity contribution >= 4 is 28.9 Å². The van der Waals surface area contributed by atoms with Crippen molar-refractivity contribution in [2.75, 3.05) is 42.8 Å². The zero-order valence-corrected chi connectivity index (χ0v) is 22.9. The smallest absolute Gasteiger partial charge is 0.298 e. The van der Waals surface area contributed by atoms with Gasteiger partial charge in [0.25, 0.3) is 11.7 Å². The van der Waals surface area contributed by atoms with Crippen molar-refractivity contribution in [1.82, 2.24) is 9.55 Å². The molecule has 4 rings (SSSR count). The van der Waals surface area contributed by atoms with E-state index in [1.807, 2.05) is 86.0 Å². The first-order chi connectivity index (χ1) is 18.9. The Morgan fingerprint density at radius 2 is 1.56 bits per heavy atom. The molecule has 2 aromatic heterocycles. The van der Waals surface area contributed by atoms with Crippen molar-refractivity contribution in [3.8, 4) is 11.1 Å². The van der Waals surface area contributed by atoms with Crippen LogP contribution in [0.1, 0.15) is 27.4 Å². The SMILES string of the molecule is COCCn1c(C)cc(-c2ccccc2)c1C(=O)C(=O)Nc1ccc(NCCNc2cc(C)cc(C)n2)cc1. The molecule has 0 spiro atoms. The third-order valence-electron chi connectivity index (χ3n) is 6.33. The fourth-order valence-electron chi connectivity index (χ4n) is 4.53. The van der Waals surface area contributed by atoms with E-state index in [0.717, 1.165) is 34.0 Å². The molecule has 0 saturated heterocycles. The van der Waals surface area contributed by atoms with Gasteiger partial charge in [-0.1, -0.05) is 30.3 Å². The molecule has 39 heavy (non-hydrogen) atoms. The molecule has 0 unspecified atom stereocenters. The summed E-state index contributed by atoms with van der Waals surface area (Å²) in [5, 5.41) is 9.42. The van der Waals surface area contributed by atoms with Gasteiger partial charge in [-0.05, 0) is 74.4 Å². The molecule has 0 radical (unpaired) electrons. The summed E-state index contributed by atoms with van der Waals surface area (Å²) in [6, 6.07) is 22.9. The maximum absolute atomic E-state index is 13.4. The molecule has 4 aromatic rings. The van der Waals surface area contributed by atoms with Gasteiger partial charge in [-0.3, -0.25) is 9.59 Å². The first-order valence-electron chi connectivity index (χ1n) is 13.0. The van der Waals surface area contributed by atoms with E-state index >= 15 is 0 Å². The summed E-state index contributed by atoms with van der Waals surface area (Å²) in [5.41, 5.74) is 6.46. The van der Waals surface area contributed by atoms with Crippen LogP contribution in [-0.2, 0) is 16.1 Å². The molecule has 8 heteroatoms. The largest absolute Gasteiger partial charge is 0.383 e. The second-order valence-corrected chi connectivity index (χ2v) is 9.44. The van der Waals surface area contributed by atoms with E-state index in [2.05, 4.69) is 20.9 Å². The first-order valence-corrected chi connectivity index (χ1v) is 13.0. The van der Waals surface area contributed by atoms with E-state index in [9.17, 15) is 9.59 Å². The third kappa shape index (κ3) is 7.12. The Bertz CT molecular complexity index is 1410. The van der Waals surface area contributed by atoms with Crippen molar-refractivity contribution in [2.24, 2.45) is 0 Å². The number of Topliss-reactive ketones (excluding diaryl/α,β-unsaturated/α-hetero) is 1. The minimum atomic E-state index is -0.685. The molecule has 202 valence electrons. The van der Waals surface area contributed by atoms with Gasteiger partial charge >= 0.3 is 0 Å². The molecule has 0 aliphatic heterocycles. The molecule has 2 heterocycles. The van der Waals surface area contributed by atoms with Crippen LogP contribution in [0.25, 0.3) is 11.1 Å². The van der Waals surface area contributed by atoms with Crippen LogP contribution in [0.3, 0.4) is 0 Å². The molecular weight excluding hydrogens is 490 g/mol. The van der Waals surface area contributed by atoms with Crippen LogP contribution in [0.15, 0.2) is 72.8 Å². The fraction of sp³-hybridized carbons (Fsp3) is 0.258. The minimum Gasteiger partial charge on any atom is -0.383 e. The monoisotopic (exact) mass is 525 g/mol. The van der Waals surface area contributed by atoms with Crippen molar-refractivity contribution < 1.29 is 14.3 Å². The molecule has 0 aliphatic carbocycles. The molecule has 0 saturated carbocycles. The van der Waals surface area contributed by atoms with Gasteiger partial charge in [-0.15, -0.1) is 0 Å². The average molecular weight is 526 g/mol. The number of pyridine rings is 1. The van der Waals surface area contributed by atoms with E-state index in [0.29, 0.717) is 37.6 Å². The predicted octanol–water partition coefficient (Wildman–Crippen LogP) is 5.47. The second kappa shape index (κ2) is 12.9. The zero-order chi connectivity index (χ0) is 27.8. The highest BCUT2D eigenvalue weighted by Crippen LogP contribution is 2.28. The number of hydrogen-bond donors (Lipinski definition) is 3. The first kappa shape index (κ1) is 27.6. The Labute approximate surface area is 229 Å². The average Bonchev–Trinajstić information content (AvgIpc) is 3.26. The van der Waals surface area contributed by atoms with E-state index in [4.69, 9.17) is 4.74 Å². The van der Waals surface area contributed by atoms with Gasteiger partial charge in [-0.25, -0.2) is 4.98 Å². The van der Waals surface area contributed by atoms with E-state index < -0.39 is 11.7 Å². The molecule has 0 bridgehead atoms. The number of hydrogen-bond acceptors (Lipinski definition) is 6. The topological polar surface area (TPSA) is 97.3 Å². The summed E-state index contributed by atoms with van der Waals surface area (Å²) in [7, 11) is 1.61. The molecule has 0 atom stereocenters. The minimum absolute atomic E-state index is 0.359. The lowest BCUT2D eigenvalue weighted by Gasteiger charge is -2.13. The molecule has 0 aliphatic rings. The van der Waals surface area contributed by atoms with Crippen LogP contribution < -0.4 is 16.0 Å². The number of ketones is 1. The van der Waals surface area contributed by atoms with Crippen LogP contribution in [0, 0.1) is 20.8 Å². The lowest BCUT2D eigenvalue weighted by molar-refractivity contribution is -0.112. The number of benzene rings is 2. The number of nitrogens with zero attached hydrogens (tertiary/aromatic N) is 2. The summed E-state index contributed by atoms with van der Waals surface area (Å²) < 4.78 is 7.09. The number of ether oxygens (including phenoxy) is 1. The lowest BCUT2D eigenvalue weighted by Crippen LogP contribution is -2.26. The fourth-order valence-corrected chi connectivity index (χ4v) is 4.53. The highest BCUT2D eigenvalue weighted by atomic mass is 16.5. The van der Waals surface area contributed by atoms with Crippen LogP contribution in [0.4, 0.5) is 17.2 Å². The molecular formula is C31H35N5O3. The van der Waals surface area contributed by atoms with E-state index in [1.54, 1.807) is 19.2 Å². The van der Waals surface area contributed by atoms with Crippen LogP contribution in [0.2, 0.25) is 0 Å². The zero-order valence-electron chi connectivity index (χ0n) is 22.9. The summed E-state index contributed by atoms with van der Waals surface area (Å²) in [6.45, 7) is 8.25. The second-order valence-electron chi connectivity index (χ2n) is 9.44. The standard InChI is InChI=1S/C31H35N5O3/c1-21-18-22(2)34-28(19-21)33-15-14-32-25-10-12-26(13-11-25)35-31(38)30(37)29-27(24-8-6-5-7-9-24)20-23(3)36(29)16-17-39-4/h5-13,18-20,32H,14-17H2,1-4H3,(H,33,34)(H,35,38). The number of carbonyl (C=O) groups excluding carboxylic acids is 2. The van der Waals surface area contributed by atoms with Gasteiger partial charge in [0.05, 0.1) is 6.61 Å². The number of anilines is 3. The number of amides is 1. The number of rotatable bonds is 12. The Morgan fingerprint density at radius 1 is 0.872 bits per heavy atom. The summed E-state index contributed by atoms with van der Waals surface area (Å²) in [6.07, 6.45) is 0. The highest BCUT2D eigenvalue weighted by Gasteiger charge is 2.26. The van der Waals surface area contributed by atoms with Crippen molar-refractivity contribution in [3.05, 3.63) is 95.4 Å². The molecule has 1 amide bonds.